The van der Waals surface area contributed by atoms with Crippen molar-refractivity contribution in [3.05, 3.63) is 24.3 Å². The Hall–Kier alpha value is -1.59. The molecule has 2 saturated heterocycles. The Morgan fingerprint density at radius 1 is 1.30 bits per heavy atom. The third kappa shape index (κ3) is 3.51. The van der Waals surface area contributed by atoms with Crippen LogP contribution in [0.5, 0.6) is 0 Å². The summed E-state index contributed by atoms with van der Waals surface area (Å²) in [7, 11) is 0. The van der Waals surface area contributed by atoms with Crippen LogP contribution in [0, 0.1) is 0 Å². The van der Waals surface area contributed by atoms with Crippen molar-refractivity contribution < 1.29 is 9.59 Å². The zero-order chi connectivity index (χ0) is 15.6. The minimum absolute atomic E-state index is 0. The molecule has 23 heavy (non-hydrogen) atoms. The van der Waals surface area contributed by atoms with Gasteiger partial charge in [-0.15, -0.1) is 12.4 Å². The average Bonchev–Trinajstić information content (AvgIpc) is 3.17. The summed E-state index contributed by atoms with van der Waals surface area (Å²) in [5.41, 5.74) is 1.26. The largest absolute Gasteiger partial charge is 0.324 e. The molecule has 1 atom stereocenters. The molecule has 5 nitrogen and oxygen atoms in total. The number of hydrogen-bond acceptors (Lipinski definition) is 3. The Morgan fingerprint density at radius 2 is 2.04 bits per heavy atom. The second-order valence-electron chi connectivity index (χ2n) is 6.12. The molecule has 0 aliphatic carbocycles. The molecule has 2 aliphatic heterocycles. The monoisotopic (exact) mass is 337 g/mol. The molecule has 2 heterocycles. The maximum absolute atomic E-state index is 12.5. The maximum Gasteiger partial charge on any atom is 0.244 e. The molecule has 126 valence electrons. The number of carbonyl (C=O) groups is 2. The number of nitrogens with one attached hydrogen (secondary N) is 2. The van der Waals surface area contributed by atoms with Crippen LogP contribution in [0.4, 0.5) is 11.4 Å². The van der Waals surface area contributed by atoms with Gasteiger partial charge in [-0.25, -0.2) is 0 Å². The average molecular weight is 338 g/mol. The topological polar surface area (TPSA) is 61.4 Å². The van der Waals surface area contributed by atoms with Gasteiger partial charge < -0.3 is 15.5 Å². The number of hydrogen-bond donors (Lipinski definition) is 2. The summed E-state index contributed by atoms with van der Waals surface area (Å²) in [6, 6.07) is 7.55. The van der Waals surface area contributed by atoms with Crippen molar-refractivity contribution in [1.82, 2.24) is 5.32 Å². The first kappa shape index (κ1) is 17.8. The van der Waals surface area contributed by atoms with E-state index < -0.39 is 5.54 Å². The standard InChI is InChI=1S/C17H23N3O2.ClH/c1-2-17(10-4-11-18-17)16(22)19-13-6-8-14(9-7-13)20-12-3-5-15(20)21;/h6-9,18H,2-5,10-12H2,1H3,(H,19,22);1H. The lowest BCUT2D eigenvalue weighted by Crippen LogP contribution is -2.50. The highest BCUT2D eigenvalue weighted by Gasteiger charge is 2.39. The van der Waals surface area contributed by atoms with Crippen LogP contribution < -0.4 is 15.5 Å². The van der Waals surface area contributed by atoms with Crippen molar-refractivity contribution in [3.63, 3.8) is 0 Å². The highest BCUT2D eigenvalue weighted by atomic mass is 35.5. The summed E-state index contributed by atoms with van der Waals surface area (Å²) < 4.78 is 0. The van der Waals surface area contributed by atoms with Crippen LogP contribution in [0.25, 0.3) is 0 Å². The van der Waals surface area contributed by atoms with Crippen molar-refractivity contribution in [2.75, 3.05) is 23.3 Å². The molecule has 2 fully saturated rings. The molecule has 2 aliphatic rings. The zero-order valence-corrected chi connectivity index (χ0v) is 14.2. The van der Waals surface area contributed by atoms with E-state index in [2.05, 4.69) is 10.6 Å². The fourth-order valence-electron chi connectivity index (χ4n) is 3.36. The van der Waals surface area contributed by atoms with Crippen LogP contribution in [0.15, 0.2) is 24.3 Å². The molecule has 0 aromatic heterocycles. The van der Waals surface area contributed by atoms with Gasteiger partial charge in [0, 0.05) is 24.3 Å². The summed E-state index contributed by atoms with van der Waals surface area (Å²) in [6.07, 6.45) is 4.26. The Kier molecular flexibility index (Phi) is 5.65. The van der Waals surface area contributed by atoms with Crippen LogP contribution >= 0.6 is 12.4 Å². The molecule has 0 spiro atoms. The quantitative estimate of drug-likeness (QED) is 0.888. The van der Waals surface area contributed by atoms with Gasteiger partial charge in [-0.1, -0.05) is 6.92 Å². The van der Waals surface area contributed by atoms with Gasteiger partial charge in [0.1, 0.15) is 0 Å². The Balaban J connectivity index is 0.00000192. The van der Waals surface area contributed by atoms with Crippen LogP contribution in [-0.4, -0.2) is 30.4 Å². The number of halogens is 1. The van der Waals surface area contributed by atoms with E-state index in [4.69, 9.17) is 0 Å². The highest BCUT2D eigenvalue weighted by Crippen LogP contribution is 2.26. The van der Waals surface area contributed by atoms with E-state index in [-0.39, 0.29) is 24.2 Å². The van der Waals surface area contributed by atoms with Crippen molar-refractivity contribution in [1.29, 1.82) is 0 Å². The molecule has 2 N–H and O–H groups in total. The molecular weight excluding hydrogens is 314 g/mol. The van der Waals surface area contributed by atoms with Gasteiger partial charge in [-0.05, 0) is 56.5 Å². The molecule has 0 bridgehead atoms. The van der Waals surface area contributed by atoms with Crippen molar-refractivity contribution in [3.8, 4) is 0 Å². The van der Waals surface area contributed by atoms with E-state index in [1.165, 1.54) is 0 Å². The number of nitrogens with zero attached hydrogens (tertiary/aromatic N) is 1. The fraction of sp³-hybridized carbons (Fsp3) is 0.529. The fourth-order valence-corrected chi connectivity index (χ4v) is 3.36. The third-order valence-electron chi connectivity index (χ3n) is 4.79. The first-order valence-corrected chi connectivity index (χ1v) is 8.11. The molecule has 6 heteroatoms. The van der Waals surface area contributed by atoms with Crippen LogP contribution in [0.3, 0.4) is 0 Å². The third-order valence-corrected chi connectivity index (χ3v) is 4.79. The second-order valence-corrected chi connectivity index (χ2v) is 6.12. The van der Waals surface area contributed by atoms with E-state index in [9.17, 15) is 9.59 Å². The number of benzene rings is 1. The van der Waals surface area contributed by atoms with Gasteiger partial charge in [0.15, 0.2) is 0 Å². The van der Waals surface area contributed by atoms with Crippen molar-refractivity contribution >= 4 is 35.6 Å². The first-order valence-electron chi connectivity index (χ1n) is 8.11. The maximum atomic E-state index is 12.5. The van der Waals surface area contributed by atoms with Crippen LogP contribution in [-0.2, 0) is 9.59 Å². The van der Waals surface area contributed by atoms with Crippen LogP contribution in [0.1, 0.15) is 39.0 Å². The lowest BCUT2D eigenvalue weighted by atomic mass is 9.93. The summed E-state index contributed by atoms with van der Waals surface area (Å²) in [5, 5.41) is 6.34. The minimum Gasteiger partial charge on any atom is -0.324 e. The van der Waals surface area contributed by atoms with Gasteiger partial charge in [-0.2, -0.15) is 0 Å². The number of amides is 2. The Bertz CT molecular complexity index is 568. The minimum atomic E-state index is -0.427. The SMILES string of the molecule is CCC1(C(=O)Nc2ccc(N3CCCC3=O)cc2)CCCN1.Cl. The van der Waals surface area contributed by atoms with Gasteiger partial charge in [-0.3, -0.25) is 9.59 Å². The van der Waals surface area contributed by atoms with E-state index in [0.717, 1.165) is 50.1 Å². The van der Waals surface area contributed by atoms with Gasteiger partial charge in [0.05, 0.1) is 5.54 Å². The molecule has 1 unspecified atom stereocenters. The van der Waals surface area contributed by atoms with E-state index in [1.54, 1.807) is 4.90 Å². The smallest absolute Gasteiger partial charge is 0.244 e. The molecular formula is C17H24ClN3O2. The lowest BCUT2D eigenvalue weighted by Gasteiger charge is -2.26. The van der Waals surface area contributed by atoms with Crippen LogP contribution in [0.2, 0.25) is 0 Å². The van der Waals surface area contributed by atoms with E-state index >= 15 is 0 Å². The summed E-state index contributed by atoms with van der Waals surface area (Å²) in [4.78, 5) is 26.1. The molecule has 1 aromatic carbocycles. The number of carbonyl (C=O) groups excluding carboxylic acids is 2. The normalized spacial score (nSPS) is 23.7. The number of rotatable bonds is 4. The molecule has 0 radical (unpaired) electrons. The highest BCUT2D eigenvalue weighted by molar-refractivity contribution is 5.99. The van der Waals surface area contributed by atoms with Gasteiger partial charge in [0.25, 0.3) is 0 Å². The summed E-state index contributed by atoms with van der Waals surface area (Å²) >= 11 is 0. The number of anilines is 2. The van der Waals surface area contributed by atoms with E-state index in [0.29, 0.717) is 6.42 Å². The summed E-state index contributed by atoms with van der Waals surface area (Å²) in [5.74, 6) is 0.217. The first-order chi connectivity index (χ1) is 10.6. The second kappa shape index (κ2) is 7.32. The molecule has 1 aromatic rings. The molecule has 3 rings (SSSR count). The predicted octanol–water partition coefficient (Wildman–Crippen LogP) is 2.71. The van der Waals surface area contributed by atoms with Crippen molar-refractivity contribution in [2.24, 2.45) is 0 Å². The van der Waals surface area contributed by atoms with E-state index in [1.807, 2.05) is 31.2 Å². The molecule has 2 amide bonds. The van der Waals surface area contributed by atoms with Crippen molar-refractivity contribution in [2.45, 2.75) is 44.6 Å². The predicted molar refractivity (Wildman–Crippen MR) is 94.2 cm³/mol. The van der Waals surface area contributed by atoms with Gasteiger partial charge in [0.2, 0.25) is 11.8 Å². The Labute approximate surface area is 143 Å². The lowest BCUT2D eigenvalue weighted by molar-refractivity contribution is -0.122. The molecule has 0 saturated carbocycles. The Morgan fingerprint density at radius 3 is 2.57 bits per heavy atom. The summed E-state index contributed by atoms with van der Waals surface area (Å²) in [6.45, 7) is 3.73. The zero-order valence-electron chi connectivity index (χ0n) is 13.4. The van der Waals surface area contributed by atoms with Gasteiger partial charge >= 0.3 is 0 Å².